The van der Waals surface area contributed by atoms with Crippen molar-refractivity contribution in [3.05, 3.63) is 29.8 Å². The van der Waals surface area contributed by atoms with Crippen molar-refractivity contribution < 1.29 is 9.84 Å². The van der Waals surface area contributed by atoms with Gasteiger partial charge < -0.3 is 15.2 Å². The molecule has 0 radical (unpaired) electrons. The smallest absolute Gasteiger partial charge is 0.119 e. The molecule has 1 aromatic carbocycles. The third-order valence-corrected chi connectivity index (χ3v) is 3.20. The van der Waals surface area contributed by atoms with Crippen LogP contribution in [0.4, 0.5) is 0 Å². The number of hydrogen-bond acceptors (Lipinski definition) is 3. The van der Waals surface area contributed by atoms with E-state index in [0.29, 0.717) is 12.6 Å². The van der Waals surface area contributed by atoms with Gasteiger partial charge in [-0.05, 0) is 50.4 Å². The zero-order chi connectivity index (χ0) is 13.0. The van der Waals surface area contributed by atoms with Crippen LogP contribution in [0.15, 0.2) is 24.3 Å². The fourth-order valence-corrected chi connectivity index (χ4v) is 1.88. The van der Waals surface area contributed by atoms with E-state index in [0.717, 1.165) is 24.3 Å². The fourth-order valence-electron chi connectivity index (χ4n) is 1.88. The molecule has 18 heavy (non-hydrogen) atoms. The van der Waals surface area contributed by atoms with Gasteiger partial charge in [0, 0.05) is 6.54 Å². The topological polar surface area (TPSA) is 41.5 Å². The number of aliphatic hydroxyl groups is 1. The summed E-state index contributed by atoms with van der Waals surface area (Å²) in [4.78, 5) is 0. The standard InChI is InChI=1S/C15H23NO2/c1-3-10-16-11-15(2,17)12-4-6-13(7-5-12)18-14-8-9-14/h4-7,14,16-17H,3,8-11H2,1-2H3. The lowest BCUT2D eigenvalue weighted by molar-refractivity contribution is 0.0572. The number of rotatable bonds is 7. The zero-order valence-electron chi connectivity index (χ0n) is 11.3. The Bertz CT molecular complexity index is 369. The quantitative estimate of drug-likeness (QED) is 0.729. The highest BCUT2D eigenvalue weighted by Gasteiger charge is 2.25. The first-order valence-electron chi connectivity index (χ1n) is 6.82. The Morgan fingerprint density at radius 1 is 1.33 bits per heavy atom. The maximum Gasteiger partial charge on any atom is 0.119 e. The molecule has 2 rings (SSSR count). The second-order valence-electron chi connectivity index (χ2n) is 5.29. The Balaban J connectivity index is 1.93. The van der Waals surface area contributed by atoms with Crippen molar-refractivity contribution in [3.63, 3.8) is 0 Å². The predicted octanol–water partition coefficient (Wildman–Crippen LogP) is 2.43. The highest BCUT2D eigenvalue weighted by atomic mass is 16.5. The SMILES string of the molecule is CCCNCC(C)(O)c1ccc(OC2CC2)cc1. The van der Waals surface area contributed by atoms with Gasteiger partial charge in [0.05, 0.1) is 11.7 Å². The van der Waals surface area contributed by atoms with Crippen LogP contribution >= 0.6 is 0 Å². The largest absolute Gasteiger partial charge is 0.490 e. The van der Waals surface area contributed by atoms with Crippen LogP contribution in [0.5, 0.6) is 5.75 Å². The molecule has 0 heterocycles. The summed E-state index contributed by atoms with van der Waals surface area (Å²) < 4.78 is 5.69. The molecule has 0 spiro atoms. The lowest BCUT2D eigenvalue weighted by Crippen LogP contribution is -2.35. The van der Waals surface area contributed by atoms with E-state index >= 15 is 0 Å². The van der Waals surface area contributed by atoms with E-state index in [2.05, 4.69) is 12.2 Å². The zero-order valence-corrected chi connectivity index (χ0v) is 11.3. The molecule has 3 heteroatoms. The fraction of sp³-hybridized carbons (Fsp3) is 0.600. The molecular weight excluding hydrogens is 226 g/mol. The van der Waals surface area contributed by atoms with Crippen LogP contribution in [0.1, 0.15) is 38.7 Å². The molecule has 3 nitrogen and oxygen atoms in total. The van der Waals surface area contributed by atoms with Gasteiger partial charge in [-0.3, -0.25) is 0 Å². The van der Waals surface area contributed by atoms with E-state index < -0.39 is 5.60 Å². The third-order valence-electron chi connectivity index (χ3n) is 3.20. The van der Waals surface area contributed by atoms with Crippen LogP contribution in [0.3, 0.4) is 0 Å². The summed E-state index contributed by atoms with van der Waals surface area (Å²) in [5.74, 6) is 0.901. The molecule has 0 saturated heterocycles. The van der Waals surface area contributed by atoms with E-state index in [1.54, 1.807) is 0 Å². The first-order valence-corrected chi connectivity index (χ1v) is 6.82. The van der Waals surface area contributed by atoms with E-state index in [1.165, 1.54) is 12.8 Å². The summed E-state index contributed by atoms with van der Waals surface area (Å²) in [7, 11) is 0. The summed E-state index contributed by atoms with van der Waals surface area (Å²) >= 11 is 0. The molecule has 1 unspecified atom stereocenters. The van der Waals surface area contributed by atoms with Crippen molar-refractivity contribution in [1.82, 2.24) is 5.32 Å². The highest BCUT2D eigenvalue weighted by Crippen LogP contribution is 2.28. The Labute approximate surface area is 109 Å². The van der Waals surface area contributed by atoms with E-state index in [4.69, 9.17) is 4.74 Å². The van der Waals surface area contributed by atoms with Crippen molar-refractivity contribution in [2.75, 3.05) is 13.1 Å². The van der Waals surface area contributed by atoms with Gasteiger partial charge in [-0.25, -0.2) is 0 Å². The number of hydrogen-bond donors (Lipinski definition) is 2. The molecule has 0 amide bonds. The Morgan fingerprint density at radius 3 is 2.56 bits per heavy atom. The van der Waals surface area contributed by atoms with Gasteiger partial charge in [0.15, 0.2) is 0 Å². The maximum atomic E-state index is 10.4. The highest BCUT2D eigenvalue weighted by molar-refractivity contribution is 5.31. The van der Waals surface area contributed by atoms with Crippen LogP contribution < -0.4 is 10.1 Å². The summed E-state index contributed by atoms with van der Waals surface area (Å²) in [5, 5.41) is 13.6. The van der Waals surface area contributed by atoms with Gasteiger partial charge in [-0.1, -0.05) is 19.1 Å². The summed E-state index contributed by atoms with van der Waals surface area (Å²) in [6, 6.07) is 7.79. The van der Waals surface area contributed by atoms with Crippen LogP contribution in [0.2, 0.25) is 0 Å². The van der Waals surface area contributed by atoms with E-state index in [9.17, 15) is 5.11 Å². The first-order chi connectivity index (χ1) is 8.62. The van der Waals surface area contributed by atoms with Crippen molar-refractivity contribution in [3.8, 4) is 5.75 Å². The molecule has 1 saturated carbocycles. The van der Waals surface area contributed by atoms with Gasteiger partial charge >= 0.3 is 0 Å². The number of nitrogens with one attached hydrogen (secondary N) is 1. The third kappa shape index (κ3) is 3.72. The number of benzene rings is 1. The molecular formula is C15H23NO2. The van der Waals surface area contributed by atoms with Gasteiger partial charge in [-0.2, -0.15) is 0 Å². The Hall–Kier alpha value is -1.06. The van der Waals surface area contributed by atoms with Crippen LogP contribution in [-0.4, -0.2) is 24.3 Å². The average Bonchev–Trinajstić information content (AvgIpc) is 3.14. The normalized spacial score (nSPS) is 18.4. The minimum absolute atomic E-state index is 0.419. The van der Waals surface area contributed by atoms with Gasteiger partial charge in [0.2, 0.25) is 0 Å². The summed E-state index contributed by atoms with van der Waals surface area (Å²) in [6.07, 6.45) is 3.83. The molecule has 1 aliphatic carbocycles. The lowest BCUT2D eigenvalue weighted by atomic mass is 9.96. The average molecular weight is 249 g/mol. The first kappa shape index (κ1) is 13.4. The summed E-state index contributed by atoms with van der Waals surface area (Å²) in [5.41, 5.74) is 0.0991. The molecule has 1 fully saturated rings. The molecule has 1 aliphatic rings. The molecule has 1 atom stereocenters. The Morgan fingerprint density at radius 2 is 2.00 bits per heavy atom. The van der Waals surface area contributed by atoms with Crippen molar-refractivity contribution in [2.45, 2.75) is 44.8 Å². The Kier molecular flexibility index (Phi) is 4.25. The van der Waals surface area contributed by atoms with Gasteiger partial charge in [0.25, 0.3) is 0 Å². The summed E-state index contributed by atoms with van der Waals surface area (Å²) in [6.45, 7) is 5.46. The van der Waals surface area contributed by atoms with Crippen LogP contribution in [0.25, 0.3) is 0 Å². The van der Waals surface area contributed by atoms with Crippen LogP contribution in [0, 0.1) is 0 Å². The second kappa shape index (κ2) is 5.72. The van der Waals surface area contributed by atoms with Crippen LogP contribution in [-0.2, 0) is 5.60 Å². The molecule has 2 N–H and O–H groups in total. The van der Waals surface area contributed by atoms with E-state index in [1.807, 2.05) is 31.2 Å². The van der Waals surface area contributed by atoms with Gasteiger partial charge in [-0.15, -0.1) is 0 Å². The lowest BCUT2D eigenvalue weighted by Gasteiger charge is -2.24. The molecule has 0 bridgehead atoms. The van der Waals surface area contributed by atoms with Crippen molar-refractivity contribution in [1.29, 1.82) is 0 Å². The molecule has 1 aromatic rings. The van der Waals surface area contributed by atoms with Gasteiger partial charge in [0.1, 0.15) is 5.75 Å². The molecule has 0 aliphatic heterocycles. The maximum absolute atomic E-state index is 10.4. The minimum atomic E-state index is -0.826. The second-order valence-corrected chi connectivity index (χ2v) is 5.29. The molecule has 100 valence electrons. The van der Waals surface area contributed by atoms with Crippen molar-refractivity contribution in [2.24, 2.45) is 0 Å². The number of ether oxygens (including phenoxy) is 1. The van der Waals surface area contributed by atoms with E-state index in [-0.39, 0.29) is 0 Å². The van der Waals surface area contributed by atoms with Crippen molar-refractivity contribution >= 4 is 0 Å². The monoisotopic (exact) mass is 249 g/mol. The predicted molar refractivity (Wildman–Crippen MR) is 72.8 cm³/mol. The minimum Gasteiger partial charge on any atom is -0.490 e. The molecule has 0 aromatic heterocycles.